The van der Waals surface area contributed by atoms with Crippen molar-refractivity contribution in [2.24, 2.45) is 0 Å². The molecule has 3 rings (SSSR count). The molecule has 0 saturated heterocycles. The summed E-state index contributed by atoms with van der Waals surface area (Å²) < 4.78 is 5.44. The average Bonchev–Trinajstić information content (AvgIpc) is 3.13. The van der Waals surface area contributed by atoms with Crippen LogP contribution in [0, 0.1) is 0 Å². The molecule has 0 bridgehead atoms. The molecule has 11 heteroatoms. The number of benzene rings is 1. The van der Waals surface area contributed by atoms with E-state index in [1.165, 1.54) is 0 Å². The van der Waals surface area contributed by atoms with Gasteiger partial charge in [0.1, 0.15) is 11.9 Å². The number of fused-ring (bicyclic) bond motifs is 1. The third-order valence-electron chi connectivity index (χ3n) is 5.07. The third-order valence-corrected chi connectivity index (χ3v) is 5.07. The van der Waals surface area contributed by atoms with Crippen LogP contribution in [-0.2, 0) is 16.0 Å². The number of aromatic nitrogens is 2. The lowest BCUT2D eigenvalue weighted by Gasteiger charge is -2.15. The van der Waals surface area contributed by atoms with E-state index in [0.717, 1.165) is 11.1 Å². The fourth-order valence-corrected chi connectivity index (χ4v) is 3.37. The second kappa shape index (κ2) is 9.33. The van der Waals surface area contributed by atoms with Crippen molar-refractivity contribution < 1.29 is 29.0 Å². The number of carboxylic acids is 2. The zero-order chi connectivity index (χ0) is 23.4. The van der Waals surface area contributed by atoms with Crippen LogP contribution in [0.5, 0.6) is 0 Å². The fraction of sp³-hybridized carbons (Fsp3) is 0.286. The first kappa shape index (κ1) is 22.5. The van der Waals surface area contributed by atoms with Gasteiger partial charge in [-0.25, -0.2) is 4.79 Å². The van der Waals surface area contributed by atoms with Crippen LogP contribution in [0.4, 0.5) is 11.8 Å². The van der Waals surface area contributed by atoms with Gasteiger partial charge in [0, 0.05) is 17.5 Å². The maximum atomic E-state index is 12.4. The van der Waals surface area contributed by atoms with Crippen LogP contribution < -0.4 is 16.8 Å². The van der Waals surface area contributed by atoms with Crippen LogP contribution in [-0.4, -0.2) is 44.1 Å². The van der Waals surface area contributed by atoms with Crippen LogP contribution >= 0.6 is 0 Å². The predicted molar refractivity (Wildman–Crippen MR) is 115 cm³/mol. The number of nitrogen functional groups attached to an aromatic ring is 2. The zero-order valence-electron chi connectivity index (χ0n) is 17.2. The Balaban J connectivity index is 1.69. The van der Waals surface area contributed by atoms with Crippen LogP contribution in [0.1, 0.15) is 47.2 Å². The standard InChI is InChI=1S/C21H23N5O6/c1-10(8-13-9-32-19-16(13)17(22)25-21(23)26-19)11-2-4-12(5-3-11)18(29)24-14(20(30)31)6-7-15(27)28/h2-5,9-10,14H,6-8H2,1H3,(H,24,29)(H,27,28)(H,30,31)(H4,22,23,25,26)/t10-,14-/m0/s1. The lowest BCUT2D eigenvalue weighted by Crippen LogP contribution is -2.41. The zero-order valence-corrected chi connectivity index (χ0v) is 17.2. The lowest BCUT2D eigenvalue weighted by molar-refractivity contribution is -0.140. The van der Waals surface area contributed by atoms with Gasteiger partial charge in [0.2, 0.25) is 11.7 Å². The monoisotopic (exact) mass is 441 g/mol. The number of nitrogens with two attached hydrogens (primary N) is 2. The Morgan fingerprint density at radius 1 is 1.12 bits per heavy atom. The maximum Gasteiger partial charge on any atom is 0.326 e. The quantitative estimate of drug-likeness (QED) is 0.326. The number of hydrogen-bond acceptors (Lipinski definition) is 8. The first-order chi connectivity index (χ1) is 15.2. The Kier molecular flexibility index (Phi) is 6.57. The molecule has 3 aromatic rings. The van der Waals surface area contributed by atoms with Crippen molar-refractivity contribution >= 4 is 40.7 Å². The van der Waals surface area contributed by atoms with Gasteiger partial charge in [0.25, 0.3) is 5.91 Å². The number of carbonyl (C=O) groups excluding carboxylic acids is 1. The number of amides is 1. The minimum atomic E-state index is -1.29. The van der Waals surface area contributed by atoms with E-state index in [1.54, 1.807) is 30.5 Å². The van der Waals surface area contributed by atoms with Gasteiger partial charge in [0.05, 0.1) is 11.6 Å². The van der Waals surface area contributed by atoms with E-state index in [0.29, 0.717) is 17.5 Å². The number of carboxylic acid groups (broad SMARTS) is 2. The summed E-state index contributed by atoms with van der Waals surface area (Å²) in [6.45, 7) is 1.99. The Hall–Kier alpha value is -4.15. The maximum absolute atomic E-state index is 12.4. The Bertz CT molecular complexity index is 1160. The van der Waals surface area contributed by atoms with Gasteiger partial charge < -0.3 is 31.4 Å². The van der Waals surface area contributed by atoms with Crippen molar-refractivity contribution in [3.63, 3.8) is 0 Å². The molecular weight excluding hydrogens is 418 g/mol. The second-order valence-electron chi connectivity index (χ2n) is 7.43. The molecule has 0 aliphatic heterocycles. The molecule has 168 valence electrons. The van der Waals surface area contributed by atoms with E-state index in [-0.39, 0.29) is 36.1 Å². The van der Waals surface area contributed by atoms with Crippen molar-refractivity contribution in [2.75, 3.05) is 11.5 Å². The van der Waals surface area contributed by atoms with Crippen molar-refractivity contribution in [1.29, 1.82) is 0 Å². The average molecular weight is 441 g/mol. The number of carbonyl (C=O) groups is 3. The van der Waals surface area contributed by atoms with Gasteiger partial charge in [-0.05, 0) is 36.5 Å². The molecule has 2 atom stereocenters. The van der Waals surface area contributed by atoms with Crippen molar-refractivity contribution in [3.05, 3.63) is 47.2 Å². The normalized spacial score (nSPS) is 12.9. The lowest BCUT2D eigenvalue weighted by atomic mass is 9.93. The van der Waals surface area contributed by atoms with E-state index in [2.05, 4.69) is 15.3 Å². The largest absolute Gasteiger partial charge is 0.481 e. The summed E-state index contributed by atoms with van der Waals surface area (Å²) in [5, 5.41) is 20.9. The van der Waals surface area contributed by atoms with E-state index in [4.69, 9.17) is 21.0 Å². The number of nitrogens with zero attached hydrogens (tertiary/aromatic N) is 2. The minimum absolute atomic E-state index is 0.0333. The molecule has 1 aromatic carbocycles. The van der Waals surface area contributed by atoms with Gasteiger partial charge in [-0.3, -0.25) is 9.59 Å². The topological polar surface area (TPSA) is 195 Å². The molecule has 2 heterocycles. The molecule has 0 fully saturated rings. The summed E-state index contributed by atoms with van der Waals surface area (Å²) in [5.41, 5.74) is 13.9. The highest BCUT2D eigenvalue weighted by atomic mass is 16.4. The van der Waals surface area contributed by atoms with Gasteiger partial charge >= 0.3 is 11.9 Å². The van der Waals surface area contributed by atoms with Crippen LogP contribution in [0.2, 0.25) is 0 Å². The molecule has 2 aromatic heterocycles. The predicted octanol–water partition coefficient (Wildman–Crippen LogP) is 1.78. The molecule has 0 unspecified atom stereocenters. The van der Waals surface area contributed by atoms with Gasteiger partial charge in [0.15, 0.2) is 0 Å². The molecule has 0 aliphatic carbocycles. The highest BCUT2D eigenvalue weighted by Crippen LogP contribution is 2.29. The smallest absolute Gasteiger partial charge is 0.326 e. The SMILES string of the molecule is C[C@@H](Cc1coc2nc(N)nc(N)c12)c1ccc(C(=O)N[C@@H](CCC(=O)O)C(=O)O)cc1. The third kappa shape index (κ3) is 5.12. The highest BCUT2D eigenvalue weighted by molar-refractivity contribution is 5.96. The first-order valence-corrected chi connectivity index (χ1v) is 9.80. The number of aliphatic carboxylic acids is 2. The van der Waals surface area contributed by atoms with Gasteiger partial charge in [-0.15, -0.1) is 0 Å². The summed E-state index contributed by atoms with van der Waals surface area (Å²) >= 11 is 0. The molecule has 1 amide bonds. The molecule has 32 heavy (non-hydrogen) atoms. The molecule has 0 aliphatic rings. The summed E-state index contributed by atoms with van der Waals surface area (Å²) in [7, 11) is 0. The number of nitrogens with one attached hydrogen (secondary N) is 1. The molecule has 0 saturated carbocycles. The van der Waals surface area contributed by atoms with Gasteiger partial charge in [-0.1, -0.05) is 19.1 Å². The van der Waals surface area contributed by atoms with Crippen molar-refractivity contribution in [1.82, 2.24) is 15.3 Å². The molecule has 11 nitrogen and oxygen atoms in total. The number of rotatable bonds is 9. The van der Waals surface area contributed by atoms with E-state index in [9.17, 15) is 19.5 Å². The van der Waals surface area contributed by atoms with Crippen molar-refractivity contribution in [2.45, 2.75) is 38.1 Å². The Morgan fingerprint density at radius 3 is 2.44 bits per heavy atom. The first-order valence-electron chi connectivity index (χ1n) is 9.80. The summed E-state index contributed by atoms with van der Waals surface area (Å²) in [4.78, 5) is 42.3. The van der Waals surface area contributed by atoms with E-state index >= 15 is 0 Å². The molecule has 7 N–H and O–H groups in total. The molecular formula is C21H23N5O6. The summed E-state index contributed by atoms with van der Waals surface area (Å²) in [6, 6.07) is 5.43. The van der Waals surface area contributed by atoms with E-state index < -0.39 is 23.9 Å². The van der Waals surface area contributed by atoms with Gasteiger partial charge in [-0.2, -0.15) is 9.97 Å². The summed E-state index contributed by atoms with van der Waals surface area (Å²) in [6.07, 6.45) is 1.57. The Morgan fingerprint density at radius 2 is 1.81 bits per heavy atom. The van der Waals surface area contributed by atoms with Crippen molar-refractivity contribution in [3.8, 4) is 0 Å². The van der Waals surface area contributed by atoms with Crippen LogP contribution in [0.25, 0.3) is 11.1 Å². The summed E-state index contributed by atoms with van der Waals surface area (Å²) in [5.74, 6) is -2.71. The fourth-order valence-electron chi connectivity index (χ4n) is 3.37. The molecule has 0 spiro atoms. The minimum Gasteiger partial charge on any atom is -0.481 e. The van der Waals surface area contributed by atoms with Crippen LogP contribution in [0.3, 0.4) is 0 Å². The van der Waals surface area contributed by atoms with Crippen LogP contribution in [0.15, 0.2) is 34.9 Å². The Labute approximate surface area is 182 Å². The van der Waals surface area contributed by atoms with E-state index in [1.807, 2.05) is 6.92 Å². The number of furan rings is 1. The number of hydrogen-bond donors (Lipinski definition) is 5. The second-order valence-corrected chi connectivity index (χ2v) is 7.43. The molecule has 0 radical (unpaired) electrons. The highest BCUT2D eigenvalue weighted by Gasteiger charge is 2.22. The number of anilines is 2.